The molecule has 0 aliphatic heterocycles. The molecule has 1 aliphatic rings. The molecule has 0 atom stereocenters. The molecule has 0 heterocycles. The summed E-state index contributed by atoms with van der Waals surface area (Å²) in [4.78, 5) is 36.6. The van der Waals surface area contributed by atoms with Crippen LogP contribution in [0.15, 0.2) is 30.3 Å². The summed E-state index contributed by atoms with van der Waals surface area (Å²) in [6.07, 6.45) is 0.238. The maximum atomic E-state index is 12.6. The van der Waals surface area contributed by atoms with Gasteiger partial charge in [0.25, 0.3) is 0 Å². The van der Waals surface area contributed by atoms with E-state index in [1.165, 1.54) is 30.3 Å². The Labute approximate surface area is 131 Å². The standard InChI is InChI=1S/C17H13NO5/c1-2-13(21)18-8-6-10-15(12(20)7-8)17(23)14-9(16(10)22)4-3-5-11(14)19/h3-7,19-20H,2H2,1H3,(H,18,21). The number of ketones is 2. The lowest BCUT2D eigenvalue weighted by Gasteiger charge is -2.20. The van der Waals surface area contributed by atoms with Crippen molar-refractivity contribution in [3.63, 3.8) is 0 Å². The van der Waals surface area contributed by atoms with E-state index < -0.39 is 17.3 Å². The summed E-state index contributed by atoms with van der Waals surface area (Å²) in [6.45, 7) is 1.67. The van der Waals surface area contributed by atoms with Gasteiger partial charge in [-0.3, -0.25) is 14.4 Å². The Morgan fingerprint density at radius 3 is 2.39 bits per heavy atom. The van der Waals surface area contributed by atoms with Crippen molar-refractivity contribution in [1.29, 1.82) is 0 Å². The van der Waals surface area contributed by atoms with E-state index in [-0.39, 0.29) is 46.0 Å². The first-order valence-corrected chi connectivity index (χ1v) is 7.02. The van der Waals surface area contributed by atoms with Gasteiger partial charge in [-0.05, 0) is 12.1 Å². The first-order chi connectivity index (χ1) is 10.9. The van der Waals surface area contributed by atoms with E-state index in [4.69, 9.17) is 0 Å². The molecule has 3 N–H and O–H groups in total. The topological polar surface area (TPSA) is 104 Å². The highest BCUT2D eigenvalue weighted by Crippen LogP contribution is 2.38. The van der Waals surface area contributed by atoms with E-state index in [9.17, 15) is 24.6 Å². The molecule has 0 fully saturated rings. The van der Waals surface area contributed by atoms with Gasteiger partial charge in [-0.25, -0.2) is 0 Å². The largest absolute Gasteiger partial charge is 0.507 e. The van der Waals surface area contributed by atoms with Crippen LogP contribution in [-0.2, 0) is 4.79 Å². The molecule has 116 valence electrons. The number of benzene rings is 2. The first-order valence-electron chi connectivity index (χ1n) is 7.02. The average molecular weight is 311 g/mol. The number of amides is 1. The Balaban J connectivity index is 2.19. The maximum Gasteiger partial charge on any atom is 0.224 e. The monoisotopic (exact) mass is 311 g/mol. The molecule has 0 saturated carbocycles. The van der Waals surface area contributed by atoms with E-state index in [0.717, 1.165) is 0 Å². The van der Waals surface area contributed by atoms with Gasteiger partial charge in [0.2, 0.25) is 11.7 Å². The zero-order valence-corrected chi connectivity index (χ0v) is 12.2. The van der Waals surface area contributed by atoms with Crippen molar-refractivity contribution in [3.8, 4) is 11.5 Å². The number of phenolic OH excluding ortho intramolecular Hbond substituents is 2. The van der Waals surface area contributed by atoms with E-state index in [0.29, 0.717) is 0 Å². The predicted octanol–water partition coefficient (Wildman–Crippen LogP) is 2.22. The fraction of sp³-hybridized carbons (Fsp3) is 0.118. The quantitative estimate of drug-likeness (QED) is 0.673. The van der Waals surface area contributed by atoms with Crippen LogP contribution in [0.2, 0.25) is 0 Å². The van der Waals surface area contributed by atoms with Crippen molar-refractivity contribution in [2.24, 2.45) is 0 Å². The SMILES string of the molecule is CCC(=O)Nc1cc(O)c2c(c1)C(=O)c1cccc(O)c1C2=O. The third kappa shape index (κ3) is 2.24. The summed E-state index contributed by atoms with van der Waals surface area (Å²) in [5, 5.41) is 22.5. The molecule has 1 amide bonds. The summed E-state index contributed by atoms with van der Waals surface area (Å²) in [7, 11) is 0. The molecule has 1 aliphatic carbocycles. The molecule has 0 spiro atoms. The summed E-state index contributed by atoms with van der Waals surface area (Å²) in [6, 6.07) is 6.78. The van der Waals surface area contributed by atoms with Crippen LogP contribution in [0.5, 0.6) is 11.5 Å². The van der Waals surface area contributed by atoms with Crippen LogP contribution in [-0.4, -0.2) is 27.7 Å². The lowest BCUT2D eigenvalue weighted by molar-refractivity contribution is -0.115. The van der Waals surface area contributed by atoms with Gasteiger partial charge in [-0.2, -0.15) is 0 Å². The number of hydrogen-bond donors (Lipinski definition) is 3. The van der Waals surface area contributed by atoms with Crippen LogP contribution in [0.4, 0.5) is 5.69 Å². The third-order valence-corrected chi connectivity index (χ3v) is 3.71. The lowest BCUT2D eigenvalue weighted by atomic mass is 9.83. The fourth-order valence-corrected chi connectivity index (χ4v) is 2.60. The molecule has 6 heteroatoms. The number of fused-ring (bicyclic) bond motifs is 2. The van der Waals surface area contributed by atoms with Crippen LogP contribution in [0, 0.1) is 0 Å². The minimum absolute atomic E-state index is 0.000460. The van der Waals surface area contributed by atoms with Gasteiger partial charge in [0, 0.05) is 29.3 Å². The number of carbonyl (C=O) groups excluding carboxylic acids is 3. The molecule has 6 nitrogen and oxygen atoms in total. The van der Waals surface area contributed by atoms with Crippen LogP contribution in [0.1, 0.15) is 45.2 Å². The number of anilines is 1. The summed E-state index contributed by atoms with van der Waals surface area (Å²) >= 11 is 0. The second-order valence-corrected chi connectivity index (χ2v) is 5.18. The van der Waals surface area contributed by atoms with Crippen LogP contribution >= 0.6 is 0 Å². The van der Waals surface area contributed by atoms with Crippen molar-refractivity contribution in [2.75, 3.05) is 5.32 Å². The predicted molar refractivity (Wildman–Crippen MR) is 82.0 cm³/mol. The van der Waals surface area contributed by atoms with E-state index in [2.05, 4.69) is 5.32 Å². The number of nitrogens with one attached hydrogen (secondary N) is 1. The van der Waals surface area contributed by atoms with Crippen molar-refractivity contribution >= 4 is 23.2 Å². The highest BCUT2D eigenvalue weighted by molar-refractivity contribution is 6.30. The summed E-state index contributed by atoms with van der Waals surface area (Å²) < 4.78 is 0. The first kappa shape index (κ1) is 14.8. The molecule has 0 bridgehead atoms. The average Bonchev–Trinajstić information content (AvgIpc) is 2.51. The number of aromatic hydroxyl groups is 2. The fourth-order valence-electron chi connectivity index (χ4n) is 2.60. The van der Waals surface area contributed by atoms with Crippen molar-refractivity contribution in [3.05, 3.63) is 52.6 Å². The van der Waals surface area contributed by atoms with Crippen LogP contribution < -0.4 is 5.32 Å². The Hall–Kier alpha value is -3.15. The summed E-state index contributed by atoms with van der Waals surface area (Å²) in [5.41, 5.74) is 0.0161. The van der Waals surface area contributed by atoms with Gasteiger partial charge < -0.3 is 15.5 Å². The minimum atomic E-state index is -0.626. The van der Waals surface area contributed by atoms with Gasteiger partial charge in [-0.1, -0.05) is 19.1 Å². The Kier molecular flexibility index (Phi) is 3.37. The number of hydrogen-bond acceptors (Lipinski definition) is 5. The van der Waals surface area contributed by atoms with Crippen molar-refractivity contribution < 1.29 is 24.6 Å². The molecule has 0 aromatic heterocycles. The van der Waals surface area contributed by atoms with E-state index in [1.807, 2.05) is 0 Å². The molecule has 0 unspecified atom stereocenters. The minimum Gasteiger partial charge on any atom is -0.507 e. The normalized spacial score (nSPS) is 12.6. The number of carbonyl (C=O) groups is 3. The van der Waals surface area contributed by atoms with Crippen LogP contribution in [0.3, 0.4) is 0 Å². The lowest BCUT2D eigenvalue weighted by Crippen LogP contribution is -2.22. The van der Waals surface area contributed by atoms with Gasteiger partial charge in [0.15, 0.2) is 5.78 Å². The van der Waals surface area contributed by atoms with Gasteiger partial charge in [-0.15, -0.1) is 0 Å². The van der Waals surface area contributed by atoms with Crippen molar-refractivity contribution in [2.45, 2.75) is 13.3 Å². The molecular formula is C17H13NO5. The smallest absolute Gasteiger partial charge is 0.224 e. The van der Waals surface area contributed by atoms with Crippen LogP contribution in [0.25, 0.3) is 0 Å². The van der Waals surface area contributed by atoms with Crippen molar-refractivity contribution in [1.82, 2.24) is 0 Å². The van der Waals surface area contributed by atoms with Gasteiger partial charge in [0.05, 0.1) is 11.1 Å². The Morgan fingerprint density at radius 1 is 1.00 bits per heavy atom. The van der Waals surface area contributed by atoms with E-state index >= 15 is 0 Å². The third-order valence-electron chi connectivity index (χ3n) is 3.71. The zero-order valence-electron chi connectivity index (χ0n) is 12.2. The zero-order chi connectivity index (χ0) is 16.7. The van der Waals surface area contributed by atoms with E-state index in [1.54, 1.807) is 6.92 Å². The number of phenols is 2. The Bertz CT molecular complexity index is 870. The Morgan fingerprint density at radius 2 is 1.70 bits per heavy atom. The maximum absolute atomic E-state index is 12.6. The summed E-state index contributed by atoms with van der Waals surface area (Å²) in [5.74, 6) is -2.13. The molecular weight excluding hydrogens is 298 g/mol. The molecule has 2 aromatic rings. The second kappa shape index (κ2) is 5.24. The number of rotatable bonds is 2. The molecule has 0 saturated heterocycles. The molecule has 3 rings (SSSR count). The highest BCUT2D eigenvalue weighted by atomic mass is 16.3. The highest BCUT2D eigenvalue weighted by Gasteiger charge is 2.34. The molecule has 0 radical (unpaired) electrons. The van der Waals surface area contributed by atoms with Gasteiger partial charge in [0.1, 0.15) is 11.5 Å². The van der Waals surface area contributed by atoms with Gasteiger partial charge >= 0.3 is 0 Å². The molecule has 23 heavy (non-hydrogen) atoms. The second-order valence-electron chi connectivity index (χ2n) is 5.18. The molecule has 2 aromatic carbocycles.